The van der Waals surface area contributed by atoms with Gasteiger partial charge in [-0.2, -0.15) is 0 Å². The Balaban J connectivity index is 1.70. The van der Waals surface area contributed by atoms with Gasteiger partial charge in [0.15, 0.2) is 0 Å². The van der Waals surface area contributed by atoms with E-state index >= 15 is 0 Å². The number of benzene rings is 3. The molecule has 0 bridgehead atoms. The van der Waals surface area contributed by atoms with Crippen LogP contribution in [-0.2, 0) is 4.43 Å². The van der Waals surface area contributed by atoms with Crippen molar-refractivity contribution in [1.82, 2.24) is 9.55 Å². The first-order valence-corrected chi connectivity index (χ1v) is 13.9. The monoisotopic (exact) mass is 484 g/mol. The minimum absolute atomic E-state index is 0.0378. The van der Waals surface area contributed by atoms with E-state index in [9.17, 15) is 4.39 Å². The smallest absolute Gasteiger partial charge is 0.261 e. The Bertz CT molecular complexity index is 1190. The van der Waals surface area contributed by atoms with Crippen molar-refractivity contribution in [2.24, 2.45) is 0 Å². The molecule has 35 heavy (non-hydrogen) atoms. The van der Waals surface area contributed by atoms with E-state index in [1.165, 1.54) is 22.5 Å². The number of imidazole rings is 1. The van der Waals surface area contributed by atoms with Gasteiger partial charge in [0.2, 0.25) is 0 Å². The summed E-state index contributed by atoms with van der Waals surface area (Å²) in [4.78, 5) is 4.59. The van der Waals surface area contributed by atoms with Crippen LogP contribution in [0.15, 0.2) is 110 Å². The molecule has 3 aromatic carbocycles. The van der Waals surface area contributed by atoms with Gasteiger partial charge < -0.3 is 8.99 Å². The first-order valence-electron chi connectivity index (χ1n) is 12.0. The average molecular weight is 485 g/mol. The standard InChI is InChI=1S/C30H33FN2OSi/c1-5-12-26(33-21-29(32-23-33)24-17-19-25(31)20-18-24)22-34-35(30(2,3)4,27-13-8-6-9-14-27)28-15-10-7-11-16-28/h5-11,13-21,23,26H,1,12,22H2,2-4H3/t26-/m0/s1. The first kappa shape index (κ1) is 24.8. The molecule has 4 rings (SSSR count). The van der Waals surface area contributed by atoms with Crippen molar-refractivity contribution >= 4 is 18.7 Å². The Morgan fingerprint density at radius 2 is 1.51 bits per heavy atom. The van der Waals surface area contributed by atoms with E-state index in [-0.39, 0.29) is 16.9 Å². The molecule has 0 aliphatic heterocycles. The summed E-state index contributed by atoms with van der Waals surface area (Å²) >= 11 is 0. The molecule has 0 fully saturated rings. The SMILES string of the molecule is C=CC[C@@H](CO[Si](c1ccccc1)(c1ccccc1)C(C)(C)C)n1cnc(-c2ccc(F)cc2)c1. The number of allylic oxidation sites excluding steroid dienone is 1. The Morgan fingerprint density at radius 1 is 0.943 bits per heavy atom. The van der Waals surface area contributed by atoms with Crippen LogP contribution in [0, 0.1) is 5.82 Å². The predicted octanol–water partition coefficient (Wildman–Crippen LogP) is 6.38. The van der Waals surface area contributed by atoms with Gasteiger partial charge in [0.25, 0.3) is 8.32 Å². The zero-order chi connectivity index (χ0) is 24.9. The molecule has 4 aromatic rings. The van der Waals surface area contributed by atoms with Crippen molar-refractivity contribution in [2.75, 3.05) is 6.61 Å². The van der Waals surface area contributed by atoms with Gasteiger partial charge in [0, 0.05) is 11.8 Å². The number of hydrogen-bond acceptors (Lipinski definition) is 2. The molecule has 0 aliphatic rings. The number of rotatable bonds is 9. The topological polar surface area (TPSA) is 27.1 Å². The minimum Gasteiger partial charge on any atom is -0.405 e. The summed E-state index contributed by atoms with van der Waals surface area (Å²) in [6.07, 6.45) is 6.52. The Kier molecular flexibility index (Phi) is 7.48. The Labute approximate surface area is 209 Å². The third-order valence-corrected chi connectivity index (χ3v) is 11.5. The second kappa shape index (κ2) is 10.5. The summed E-state index contributed by atoms with van der Waals surface area (Å²) in [6.45, 7) is 11.4. The minimum atomic E-state index is -2.65. The molecular formula is C30H33FN2OSi. The lowest BCUT2D eigenvalue weighted by Gasteiger charge is -2.43. The van der Waals surface area contributed by atoms with Crippen LogP contribution >= 0.6 is 0 Å². The maximum atomic E-state index is 13.4. The second-order valence-electron chi connectivity index (χ2n) is 9.87. The third kappa shape index (κ3) is 5.21. The van der Waals surface area contributed by atoms with Crippen LogP contribution in [0.4, 0.5) is 4.39 Å². The van der Waals surface area contributed by atoms with Crippen molar-refractivity contribution in [2.45, 2.75) is 38.3 Å². The molecule has 3 nitrogen and oxygen atoms in total. The van der Waals surface area contributed by atoms with E-state index in [0.29, 0.717) is 6.61 Å². The van der Waals surface area contributed by atoms with Crippen LogP contribution in [0.3, 0.4) is 0 Å². The third-order valence-electron chi connectivity index (χ3n) is 6.51. The molecule has 1 heterocycles. The predicted molar refractivity (Wildman–Crippen MR) is 145 cm³/mol. The Morgan fingerprint density at radius 3 is 2.03 bits per heavy atom. The molecule has 5 heteroatoms. The molecule has 0 unspecified atom stereocenters. The van der Waals surface area contributed by atoms with Crippen LogP contribution < -0.4 is 10.4 Å². The van der Waals surface area contributed by atoms with E-state index in [1.807, 2.05) is 18.6 Å². The molecule has 0 saturated heterocycles. The summed E-state index contributed by atoms with van der Waals surface area (Å²) in [5, 5.41) is 2.42. The second-order valence-corrected chi connectivity index (χ2v) is 14.2. The van der Waals surface area contributed by atoms with E-state index in [2.05, 4.69) is 97.6 Å². The fourth-order valence-corrected chi connectivity index (χ4v) is 9.35. The van der Waals surface area contributed by atoms with Gasteiger partial charge in [0.1, 0.15) is 5.82 Å². The molecule has 180 valence electrons. The molecule has 0 aliphatic carbocycles. The maximum Gasteiger partial charge on any atom is 0.261 e. The van der Waals surface area contributed by atoms with E-state index in [1.54, 1.807) is 12.1 Å². The van der Waals surface area contributed by atoms with Crippen LogP contribution in [0.5, 0.6) is 0 Å². The highest BCUT2D eigenvalue weighted by molar-refractivity contribution is 6.99. The normalized spacial score (nSPS) is 12.9. The van der Waals surface area contributed by atoms with Gasteiger partial charge in [-0.1, -0.05) is 87.5 Å². The molecule has 0 saturated carbocycles. The summed E-state index contributed by atoms with van der Waals surface area (Å²) in [7, 11) is -2.65. The van der Waals surface area contributed by atoms with E-state index in [4.69, 9.17) is 4.43 Å². The zero-order valence-electron chi connectivity index (χ0n) is 20.7. The fourth-order valence-electron chi connectivity index (χ4n) is 4.76. The van der Waals surface area contributed by atoms with Crippen LogP contribution in [0.2, 0.25) is 5.04 Å². The highest BCUT2D eigenvalue weighted by Crippen LogP contribution is 2.37. The fraction of sp³-hybridized carbons (Fsp3) is 0.233. The van der Waals surface area contributed by atoms with E-state index in [0.717, 1.165) is 17.7 Å². The van der Waals surface area contributed by atoms with Crippen LogP contribution in [0.1, 0.15) is 33.2 Å². The zero-order valence-corrected chi connectivity index (χ0v) is 21.7. The molecule has 0 amide bonds. The first-order chi connectivity index (χ1) is 16.8. The number of hydrogen-bond donors (Lipinski definition) is 0. The van der Waals surface area contributed by atoms with Crippen molar-refractivity contribution in [3.63, 3.8) is 0 Å². The van der Waals surface area contributed by atoms with Gasteiger partial charge in [0.05, 0.1) is 24.7 Å². The van der Waals surface area contributed by atoms with Crippen LogP contribution in [0.25, 0.3) is 11.3 Å². The van der Waals surface area contributed by atoms with Gasteiger partial charge in [-0.05, 0) is 46.1 Å². The Hall–Kier alpha value is -3.28. The summed E-state index contributed by atoms with van der Waals surface area (Å²) in [5.41, 5.74) is 1.69. The van der Waals surface area contributed by atoms with Gasteiger partial charge in [-0.3, -0.25) is 0 Å². The maximum absolute atomic E-state index is 13.4. The lowest BCUT2D eigenvalue weighted by atomic mass is 10.1. The van der Waals surface area contributed by atoms with Crippen molar-refractivity contribution in [3.8, 4) is 11.3 Å². The molecule has 1 atom stereocenters. The highest BCUT2D eigenvalue weighted by atomic mass is 28.4. The molecule has 0 spiro atoms. The van der Waals surface area contributed by atoms with Gasteiger partial charge in [-0.25, -0.2) is 9.37 Å². The van der Waals surface area contributed by atoms with Gasteiger partial charge >= 0.3 is 0 Å². The largest absolute Gasteiger partial charge is 0.405 e. The number of nitrogens with zero attached hydrogens (tertiary/aromatic N) is 2. The summed E-state index contributed by atoms with van der Waals surface area (Å²) in [5.74, 6) is -0.253. The van der Waals surface area contributed by atoms with Crippen LogP contribution in [-0.4, -0.2) is 24.5 Å². The summed E-state index contributed by atoms with van der Waals surface area (Å²) < 4.78 is 22.6. The van der Waals surface area contributed by atoms with Crippen molar-refractivity contribution in [3.05, 3.63) is 116 Å². The lowest BCUT2D eigenvalue weighted by Crippen LogP contribution is -2.66. The van der Waals surface area contributed by atoms with Crippen molar-refractivity contribution < 1.29 is 8.82 Å². The number of aromatic nitrogens is 2. The highest BCUT2D eigenvalue weighted by Gasteiger charge is 2.50. The molecular weight excluding hydrogens is 451 g/mol. The van der Waals surface area contributed by atoms with Crippen molar-refractivity contribution in [1.29, 1.82) is 0 Å². The quantitative estimate of drug-likeness (QED) is 0.203. The molecule has 1 aromatic heterocycles. The number of halogens is 1. The average Bonchev–Trinajstić information content (AvgIpc) is 3.35. The molecule has 0 radical (unpaired) electrons. The lowest BCUT2D eigenvalue weighted by molar-refractivity contribution is 0.236. The van der Waals surface area contributed by atoms with E-state index < -0.39 is 8.32 Å². The summed E-state index contributed by atoms with van der Waals surface area (Å²) in [6, 6.07) is 27.8. The molecule has 0 N–H and O–H groups in total. The van der Waals surface area contributed by atoms with Gasteiger partial charge in [-0.15, -0.1) is 6.58 Å².